The molecule has 2 saturated heterocycles. The molecule has 3 fully saturated rings. The highest BCUT2D eigenvalue weighted by Gasteiger charge is 2.33. The van der Waals surface area contributed by atoms with E-state index < -0.39 is 17.6 Å². The number of hydrogen-bond acceptors (Lipinski definition) is 4. The number of hydrogen-bond donors (Lipinski definition) is 0. The standard InChI is InChI=1S/C22H29F3N4O2/c23-22(24,25)18-4-1-3-17(15-18)21(31)29-9-7-26(8-10-29)16-20(30)28-13-11-27(12-14-28)19-5-2-6-19/h1,3-4,15,19H,2,5-14,16H2. The van der Waals surface area contributed by atoms with Crippen LogP contribution >= 0.6 is 0 Å². The van der Waals surface area contributed by atoms with E-state index in [9.17, 15) is 22.8 Å². The highest BCUT2D eigenvalue weighted by Crippen LogP contribution is 2.30. The van der Waals surface area contributed by atoms with Gasteiger partial charge in [0.25, 0.3) is 5.91 Å². The van der Waals surface area contributed by atoms with Crippen molar-refractivity contribution in [3.63, 3.8) is 0 Å². The third-order valence-electron chi connectivity index (χ3n) is 6.71. The van der Waals surface area contributed by atoms with Gasteiger partial charge in [-0.05, 0) is 31.0 Å². The Hall–Kier alpha value is -2.13. The van der Waals surface area contributed by atoms with Gasteiger partial charge in [-0.25, -0.2) is 0 Å². The van der Waals surface area contributed by atoms with Crippen LogP contribution in [0.25, 0.3) is 0 Å². The number of nitrogens with zero attached hydrogens (tertiary/aromatic N) is 4. The van der Waals surface area contributed by atoms with Gasteiger partial charge >= 0.3 is 6.18 Å². The fourth-order valence-electron chi connectivity index (χ4n) is 4.50. The molecular weight excluding hydrogens is 409 g/mol. The molecule has 2 amide bonds. The van der Waals surface area contributed by atoms with Crippen LogP contribution in [0.15, 0.2) is 24.3 Å². The van der Waals surface area contributed by atoms with Crippen molar-refractivity contribution in [2.24, 2.45) is 0 Å². The molecule has 170 valence electrons. The third kappa shape index (κ3) is 5.20. The maximum absolute atomic E-state index is 12.9. The molecule has 0 N–H and O–H groups in total. The van der Waals surface area contributed by atoms with Gasteiger partial charge in [0.05, 0.1) is 12.1 Å². The van der Waals surface area contributed by atoms with Crippen LogP contribution in [0.4, 0.5) is 13.2 Å². The summed E-state index contributed by atoms with van der Waals surface area (Å²) in [6.07, 6.45) is -0.611. The van der Waals surface area contributed by atoms with Gasteiger partial charge in [0, 0.05) is 64.0 Å². The lowest BCUT2D eigenvalue weighted by Gasteiger charge is -2.43. The van der Waals surface area contributed by atoms with Crippen molar-refractivity contribution in [3.8, 4) is 0 Å². The van der Waals surface area contributed by atoms with Crippen LogP contribution in [0, 0.1) is 0 Å². The van der Waals surface area contributed by atoms with E-state index in [0.717, 1.165) is 38.3 Å². The molecule has 0 aromatic heterocycles. The molecule has 0 radical (unpaired) electrons. The normalized spacial score (nSPS) is 21.8. The van der Waals surface area contributed by atoms with Gasteiger partial charge in [-0.2, -0.15) is 13.2 Å². The van der Waals surface area contributed by atoms with Crippen LogP contribution in [0.1, 0.15) is 35.2 Å². The summed E-state index contributed by atoms with van der Waals surface area (Å²) >= 11 is 0. The number of carbonyl (C=O) groups excluding carboxylic acids is 2. The number of benzene rings is 1. The smallest absolute Gasteiger partial charge is 0.339 e. The average Bonchev–Trinajstić information content (AvgIpc) is 2.72. The van der Waals surface area contributed by atoms with E-state index in [4.69, 9.17) is 0 Å². The van der Waals surface area contributed by atoms with Crippen molar-refractivity contribution in [2.75, 3.05) is 58.9 Å². The number of alkyl halides is 3. The Kier molecular flexibility index (Phi) is 6.52. The van der Waals surface area contributed by atoms with E-state index in [1.165, 1.54) is 31.4 Å². The molecule has 0 atom stereocenters. The van der Waals surface area contributed by atoms with Crippen molar-refractivity contribution in [2.45, 2.75) is 31.5 Å². The summed E-state index contributed by atoms with van der Waals surface area (Å²) in [6.45, 7) is 5.62. The zero-order chi connectivity index (χ0) is 22.0. The molecule has 1 aliphatic carbocycles. The van der Waals surface area contributed by atoms with E-state index in [-0.39, 0.29) is 11.5 Å². The van der Waals surface area contributed by atoms with Crippen LogP contribution in [0.5, 0.6) is 0 Å². The minimum atomic E-state index is -4.47. The van der Waals surface area contributed by atoms with Crippen molar-refractivity contribution in [1.29, 1.82) is 0 Å². The minimum absolute atomic E-state index is 0.0451. The van der Waals surface area contributed by atoms with Gasteiger partial charge in [-0.3, -0.25) is 19.4 Å². The first-order chi connectivity index (χ1) is 14.8. The van der Waals surface area contributed by atoms with Crippen LogP contribution in [-0.2, 0) is 11.0 Å². The molecule has 1 aromatic carbocycles. The second-order valence-corrected chi connectivity index (χ2v) is 8.65. The molecule has 4 rings (SSSR count). The summed E-state index contributed by atoms with van der Waals surface area (Å²) < 4.78 is 38.7. The van der Waals surface area contributed by atoms with Gasteiger partial charge in [-0.1, -0.05) is 12.5 Å². The van der Waals surface area contributed by atoms with Crippen molar-refractivity contribution in [3.05, 3.63) is 35.4 Å². The molecule has 0 spiro atoms. The second-order valence-electron chi connectivity index (χ2n) is 8.65. The number of piperazine rings is 2. The summed E-state index contributed by atoms with van der Waals surface area (Å²) in [4.78, 5) is 33.3. The average molecular weight is 438 g/mol. The third-order valence-corrected chi connectivity index (χ3v) is 6.71. The quantitative estimate of drug-likeness (QED) is 0.723. The maximum Gasteiger partial charge on any atom is 0.416 e. The van der Waals surface area contributed by atoms with Crippen LogP contribution < -0.4 is 0 Å². The zero-order valence-corrected chi connectivity index (χ0v) is 17.6. The Bertz CT molecular complexity index is 796. The lowest BCUT2D eigenvalue weighted by atomic mass is 9.91. The van der Waals surface area contributed by atoms with Crippen LogP contribution in [0.2, 0.25) is 0 Å². The van der Waals surface area contributed by atoms with Crippen LogP contribution in [-0.4, -0.2) is 96.4 Å². The Morgan fingerprint density at radius 1 is 0.903 bits per heavy atom. The number of rotatable bonds is 4. The molecule has 9 heteroatoms. The van der Waals surface area contributed by atoms with E-state index in [1.54, 1.807) is 4.90 Å². The van der Waals surface area contributed by atoms with Gasteiger partial charge in [0.1, 0.15) is 0 Å². The monoisotopic (exact) mass is 438 g/mol. The number of halogens is 3. The molecule has 0 unspecified atom stereocenters. The first-order valence-corrected chi connectivity index (χ1v) is 11.0. The molecule has 31 heavy (non-hydrogen) atoms. The minimum Gasteiger partial charge on any atom is -0.339 e. The first-order valence-electron chi connectivity index (χ1n) is 11.0. The second kappa shape index (κ2) is 9.16. The predicted molar refractivity (Wildman–Crippen MR) is 110 cm³/mol. The number of amides is 2. The zero-order valence-electron chi connectivity index (χ0n) is 17.6. The van der Waals surface area contributed by atoms with E-state index in [2.05, 4.69) is 4.90 Å². The first kappa shape index (κ1) is 22.1. The summed E-state index contributed by atoms with van der Waals surface area (Å²) in [5, 5.41) is 0. The van der Waals surface area contributed by atoms with Gasteiger partial charge in [-0.15, -0.1) is 0 Å². The van der Waals surface area contributed by atoms with Crippen molar-refractivity contribution >= 4 is 11.8 Å². The van der Waals surface area contributed by atoms with Crippen LogP contribution in [0.3, 0.4) is 0 Å². The Balaban J connectivity index is 1.23. The lowest BCUT2D eigenvalue weighted by Crippen LogP contribution is -2.56. The van der Waals surface area contributed by atoms with E-state index in [1.807, 2.05) is 9.80 Å². The molecule has 3 aliphatic rings. The predicted octanol–water partition coefficient (Wildman–Crippen LogP) is 2.16. The fraction of sp³-hybridized carbons (Fsp3) is 0.636. The van der Waals surface area contributed by atoms with Gasteiger partial charge in [0.2, 0.25) is 5.91 Å². The molecule has 2 heterocycles. The van der Waals surface area contributed by atoms with Gasteiger partial charge < -0.3 is 9.80 Å². The maximum atomic E-state index is 12.9. The SMILES string of the molecule is O=C(CN1CCN(C(=O)c2cccc(C(F)(F)F)c2)CC1)N1CCN(C2CCC2)CC1. The van der Waals surface area contributed by atoms with E-state index in [0.29, 0.717) is 38.8 Å². The van der Waals surface area contributed by atoms with Crippen molar-refractivity contribution in [1.82, 2.24) is 19.6 Å². The Morgan fingerprint density at radius 2 is 1.55 bits per heavy atom. The summed E-state index contributed by atoms with van der Waals surface area (Å²) in [7, 11) is 0. The topological polar surface area (TPSA) is 47.1 Å². The number of carbonyl (C=O) groups is 2. The largest absolute Gasteiger partial charge is 0.416 e. The van der Waals surface area contributed by atoms with Crippen molar-refractivity contribution < 1.29 is 22.8 Å². The summed E-state index contributed by atoms with van der Waals surface area (Å²) in [5.41, 5.74) is -0.774. The fourth-order valence-corrected chi connectivity index (χ4v) is 4.50. The molecule has 1 saturated carbocycles. The summed E-state index contributed by atoms with van der Waals surface area (Å²) in [5.74, 6) is -0.282. The molecule has 0 bridgehead atoms. The highest BCUT2D eigenvalue weighted by molar-refractivity contribution is 5.94. The van der Waals surface area contributed by atoms with Gasteiger partial charge in [0.15, 0.2) is 0 Å². The molecule has 2 aliphatic heterocycles. The van der Waals surface area contributed by atoms with E-state index >= 15 is 0 Å². The highest BCUT2D eigenvalue weighted by atomic mass is 19.4. The molecule has 6 nitrogen and oxygen atoms in total. The Labute approximate surface area is 180 Å². The molecule has 1 aromatic rings. The molecular formula is C22H29F3N4O2. The Morgan fingerprint density at radius 3 is 2.13 bits per heavy atom. The summed E-state index contributed by atoms with van der Waals surface area (Å²) in [6, 6.07) is 5.25. The lowest BCUT2D eigenvalue weighted by molar-refractivity contribution is -0.137.